The Morgan fingerprint density at radius 3 is 1.81 bits per heavy atom. The topological polar surface area (TPSA) is 78.4 Å². The Morgan fingerprint density at radius 1 is 1.12 bits per heavy atom. The van der Waals surface area contributed by atoms with Gasteiger partial charge in [0.25, 0.3) is 0 Å². The summed E-state index contributed by atoms with van der Waals surface area (Å²) in [6.45, 7) is 8.73. The van der Waals surface area contributed by atoms with E-state index >= 15 is 0 Å². The van der Waals surface area contributed by atoms with Gasteiger partial charge in [0.1, 0.15) is 6.04 Å². The Hall–Kier alpha value is -1.10. The molecule has 0 aromatic rings. The predicted octanol–water partition coefficient (Wildman–Crippen LogP) is 0.600. The molecule has 16 heavy (non-hydrogen) atoms. The molecule has 0 fully saturated rings. The zero-order valence-corrected chi connectivity index (χ0v) is 10.8. The van der Waals surface area contributed by atoms with Gasteiger partial charge in [0, 0.05) is 0 Å². The highest BCUT2D eigenvalue weighted by atomic mass is 16.4. The SMILES string of the molecule is CNC(C)(C)C(=O)N[C@H](C(=O)O)C(C)(C)C. The van der Waals surface area contributed by atoms with Crippen molar-refractivity contribution in [2.45, 2.75) is 46.2 Å². The molecule has 0 aliphatic rings. The average Bonchev–Trinajstić information content (AvgIpc) is 2.11. The lowest BCUT2D eigenvalue weighted by Gasteiger charge is -2.31. The molecule has 0 aliphatic carbocycles. The lowest BCUT2D eigenvalue weighted by atomic mass is 9.86. The van der Waals surface area contributed by atoms with Crippen LogP contribution in [0.4, 0.5) is 0 Å². The van der Waals surface area contributed by atoms with Crippen LogP contribution in [-0.2, 0) is 9.59 Å². The molecule has 3 N–H and O–H groups in total. The first-order valence-corrected chi connectivity index (χ1v) is 5.25. The number of hydrogen-bond acceptors (Lipinski definition) is 3. The van der Waals surface area contributed by atoms with Gasteiger partial charge in [-0.05, 0) is 26.3 Å². The molecule has 0 radical (unpaired) electrons. The quantitative estimate of drug-likeness (QED) is 0.661. The summed E-state index contributed by atoms with van der Waals surface area (Å²) in [4.78, 5) is 22.9. The molecule has 1 atom stereocenters. The van der Waals surface area contributed by atoms with Crippen molar-refractivity contribution in [1.82, 2.24) is 10.6 Å². The molecule has 94 valence electrons. The van der Waals surface area contributed by atoms with Crippen LogP contribution in [0.3, 0.4) is 0 Å². The number of carbonyl (C=O) groups excluding carboxylic acids is 1. The maximum Gasteiger partial charge on any atom is 0.326 e. The standard InChI is InChI=1S/C11H22N2O3/c1-10(2,3)7(8(14)15)13-9(16)11(4,5)12-6/h7,12H,1-6H3,(H,13,16)(H,14,15)/t7-/m1/s1. The van der Waals surface area contributed by atoms with Crippen molar-refractivity contribution in [2.75, 3.05) is 7.05 Å². The Morgan fingerprint density at radius 2 is 1.56 bits per heavy atom. The molecule has 0 unspecified atom stereocenters. The number of carboxylic acid groups (broad SMARTS) is 1. The van der Waals surface area contributed by atoms with Gasteiger partial charge < -0.3 is 15.7 Å². The minimum atomic E-state index is -1.02. The fourth-order valence-electron chi connectivity index (χ4n) is 1.07. The first kappa shape index (κ1) is 14.9. The monoisotopic (exact) mass is 230 g/mol. The van der Waals surface area contributed by atoms with Gasteiger partial charge in [-0.2, -0.15) is 0 Å². The predicted molar refractivity (Wildman–Crippen MR) is 62.2 cm³/mol. The smallest absolute Gasteiger partial charge is 0.326 e. The van der Waals surface area contributed by atoms with Crippen LogP contribution < -0.4 is 10.6 Å². The molecule has 5 heteroatoms. The third-order valence-electron chi connectivity index (χ3n) is 2.58. The summed E-state index contributed by atoms with van der Waals surface area (Å²) in [7, 11) is 1.66. The fraction of sp³-hybridized carbons (Fsp3) is 0.818. The molecule has 0 aromatic heterocycles. The molecular formula is C11H22N2O3. The fourth-order valence-corrected chi connectivity index (χ4v) is 1.07. The van der Waals surface area contributed by atoms with Crippen molar-refractivity contribution in [1.29, 1.82) is 0 Å². The number of carboxylic acids is 1. The number of amides is 1. The molecular weight excluding hydrogens is 208 g/mol. The first-order chi connectivity index (χ1) is 7.02. The van der Waals surface area contributed by atoms with Crippen LogP contribution in [0.2, 0.25) is 0 Å². The summed E-state index contributed by atoms with van der Waals surface area (Å²) in [5.41, 5.74) is -1.30. The van der Waals surface area contributed by atoms with Gasteiger partial charge in [-0.15, -0.1) is 0 Å². The number of aliphatic carboxylic acids is 1. The second kappa shape index (κ2) is 4.82. The van der Waals surface area contributed by atoms with E-state index in [0.717, 1.165) is 0 Å². The molecule has 0 spiro atoms. The van der Waals surface area contributed by atoms with Crippen LogP contribution in [-0.4, -0.2) is 35.6 Å². The van der Waals surface area contributed by atoms with Crippen molar-refractivity contribution < 1.29 is 14.7 Å². The maximum atomic E-state index is 11.8. The van der Waals surface area contributed by atoms with E-state index in [2.05, 4.69) is 10.6 Å². The van der Waals surface area contributed by atoms with Crippen LogP contribution >= 0.6 is 0 Å². The minimum Gasteiger partial charge on any atom is -0.480 e. The second-order valence-corrected chi connectivity index (χ2v) is 5.49. The Balaban J connectivity index is 4.81. The van der Waals surface area contributed by atoms with Gasteiger partial charge in [-0.3, -0.25) is 4.79 Å². The summed E-state index contributed by atoms with van der Waals surface area (Å²) in [5, 5.41) is 14.4. The number of hydrogen-bond donors (Lipinski definition) is 3. The Labute approximate surface area is 96.6 Å². The Bertz CT molecular complexity index is 279. The summed E-state index contributed by atoms with van der Waals surface area (Å²) in [6, 6.07) is -0.896. The van der Waals surface area contributed by atoms with Crippen molar-refractivity contribution in [3.05, 3.63) is 0 Å². The number of nitrogens with one attached hydrogen (secondary N) is 2. The van der Waals surface area contributed by atoms with Crippen LogP contribution in [0, 0.1) is 5.41 Å². The van der Waals surface area contributed by atoms with Crippen LogP contribution in [0.1, 0.15) is 34.6 Å². The summed E-state index contributed by atoms with van der Waals surface area (Å²) < 4.78 is 0. The van der Waals surface area contributed by atoms with Crippen LogP contribution in [0.25, 0.3) is 0 Å². The maximum absolute atomic E-state index is 11.8. The first-order valence-electron chi connectivity index (χ1n) is 5.25. The van der Waals surface area contributed by atoms with Crippen LogP contribution in [0.15, 0.2) is 0 Å². The summed E-state index contributed by atoms with van der Waals surface area (Å²) in [5.74, 6) is -1.34. The van der Waals surface area contributed by atoms with Crippen molar-refractivity contribution in [2.24, 2.45) is 5.41 Å². The zero-order chi connectivity index (χ0) is 13.1. The third-order valence-corrected chi connectivity index (χ3v) is 2.58. The van der Waals surface area contributed by atoms with Crippen molar-refractivity contribution in [3.63, 3.8) is 0 Å². The molecule has 0 aromatic carbocycles. The van der Waals surface area contributed by atoms with Gasteiger partial charge in [0.15, 0.2) is 0 Å². The molecule has 0 aliphatic heterocycles. The largest absolute Gasteiger partial charge is 0.480 e. The number of carbonyl (C=O) groups is 2. The molecule has 0 saturated carbocycles. The lowest BCUT2D eigenvalue weighted by Crippen LogP contribution is -2.58. The molecule has 0 rings (SSSR count). The minimum absolute atomic E-state index is 0.322. The second-order valence-electron chi connectivity index (χ2n) is 5.49. The highest BCUT2D eigenvalue weighted by molar-refractivity contribution is 5.89. The third kappa shape index (κ3) is 3.81. The molecule has 1 amide bonds. The van der Waals surface area contributed by atoms with Gasteiger partial charge >= 0.3 is 5.97 Å². The van der Waals surface area contributed by atoms with E-state index in [1.807, 2.05) is 0 Å². The van der Waals surface area contributed by atoms with Gasteiger partial charge in [-0.25, -0.2) is 4.79 Å². The van der Waals surface area contributed by atoms with E-state index in [0.29, 0.717) is 0 Å². The molecule has 0 heterocycles. The number of likely N-dealkylation sites (N-methyl/N-ethyl adjacent to an activating group) is 1. The molecule has 0 saturated heterocycles. The zero-order valence-electron chi connectivity index (χ0n) is 10.8. The summed E-state index contributed by atoms with van der Waals surface area (Å²) in [6.07, 6.45) is 0. The lowest BCUT2D eigenvalue weighted by molar-refractivity contribution is -0.145. The average molecular weight is 230 g/mol. The van der Waals surface area contributed by atoms with Gasteiger partial charge in [-0.1, -0.05) is 20.8 Å². The van der Waals surface area contributed by atoms with Crippen LogP contribution in [0.5, 0.6) is 0 Å². The molecule has 0 bridgehead atoms. The van der Waals surface area contributed by atoms with E-state index in [9.17, 15) is 9.59 Å². The number of rotatable bonds is 4. The van der Waals surface area contributed by atoms with E-state index in [1.165, 1.54) is 0 Å². The van der Waals surface area contributed by atoms with E-state index in [4.69, 9.17) is 5.11 Å². The highest BCUT2D eigenvalue weighted by Crippen LogP contribution is 2.20. The van der Waals surface area contributed by atoms with Crippen molar-refractivity contribution >= 4 is 11.9 Å². The van der Waals surface area contributed by atoms with E-state index in [-0.39, 0.29) is 5.91 Å². The summed E-state index contributed by atoms with van der Waals surface area (Å²) >= 11 is 0. The van der Waals surface area contributed by atoms with Gasteiger partial charge in [0.05, 0.1) is 5.54 Å². The highest BCUT2D eigenvalue weighted by Gasteiger charge is 2.36. The Kier molecular flexibility index (Phi) is 4.49. The van der Waals surface area contributed by atoms with E-state index < -0.39 is 23.0 Å². The normalized spacial score (nSPS) is 14.4. The van der Waals surface area contributed by atoms with Crippen molar-refractivity contribution in [3.8, 4) is 0 Å². The van der Waals surface area contributed by atoms with Gasteiger partial charge in [0.2, 0.25) is 5.91 Å². The molecule has 5 nitrogen and oxygen atoms in total. The van der Waals surface area contributed by atoms with E-state index in [1.54, 1.807) is 41.7 Å².